The summed E-state index contributed by atoms with van der Waals surface area (Å²) in [6.45, 7) is 1.47. The number of anilines is 1. The molecule has 3 nitrogen and oxygen atoms in total. The molecule has 82 valence electrons. The van der Waals surface area contributed by atoms with E-state index < -0.39 is 0 Å². The Bertz CT molecular complexity index is 356. The van der Waals surface area contributed by atoms with E-state index >= 15 is 0 Å². The Morgan fingerprint density at radius 2 is 2.27 bits per heavy atom. The Hall–Kier alpha value is -0.770. The van der Waals surface area contributed by atoms with E-state index in [2.05, 4.69) is 4.90 Å². The molecule has 2 N–H and O–H groups in total. The number of hydrogen-bond acceptors (Lipinski definition) is 3. The van der Waals surface area contributed by atoms with E-state index in [9.17, 15) is 5.11 Å². The highest BCUT2D eigenvalue weighted by Crippen LogP contribution is 2.29. The third kappa shape index (κ3) is 2.25. The molecule has 1 aromatic rings. The lowest BCUT2D eigenvalue weighted by Crippen LogP contribution is -2.21. The van der Waals surface area contributed by atoms with Crippen LogP contribution in [0.25, 0.3) is 0 Å². The molecule has 1 heterocycles. The van der Waals surface area contributed by atoms with Crippen molar-refractivity contribution in [2.45, 2.75) is 19.1 Å². The Labute approximate surface area is 93.9 Å². The van der Waals surface area contributed by atoms with Crippen molar-refractivity contribution < 1.29 is 10.2 Å². The lowest BCUT2D eigenvalue weighted by atomic mass is 10.2. The molecule has 1 unspecified atom stereocenters. The summed E-state index contributed by atoms with van der Waals surface area (Å²) in [6, 6.07) is 5.51. The predicted molar refractivity (Wildman–Crippen MR) is 60.2 cm³/mol. The number of benzene rings is 1. The summed E-state index contributed by atoms with van der Waals surface area (Å²) in [5, 5.41) is 19.0. The van der Waals surface area contributed by atoms with Crippen LogP contribution in [0, 0.1) is 0 Å². The summed E-state index contributed by atoms with van der Waals surface area (Å²) < 4.78 is 0. The molecular weight excluding hydrogens is 214 g/mol. The van der Waals surface area contributed by atoms with Crippen molar-refractivity contribution in [2.24, 2.45) is 0 Å². The average molecular weight is 228 g/mol. The second-order valence-electron chi connectivity index (χ2n) is 3.83. The van der Waals surface area contributed by atoms with Crippen molar-refractivity contribution in [3.8, 4) is 0 Å². The monoisotopic (exact) mass is 227 g/mol. The third-order valence-electron chi connectivity index (χ3n) is 2.70. The molecule has 0 bridgehead atoms. The van der Waals surface area contributed by atoms with Crippen LogP contribution in [-0.2, 0) is 6.61 Å². The maximum absolute atomic E-state index is 9.43. The number of aliphatic hydroxyl groups excluding tert-OH is 2. The maximum atomic E-state index is 9.43. The molecule has 4 heteroatoms. The van der Waals surface area contributed by atoms with Crippen molar-refractivity contribution in [1.29, 1.82) is 0 Å². The highest BCUT2D eigenvalue weighted by Gasteiger charge is 2.21. The number of β-amino-alcohol motifs (C(OH)–C–C–N with tert-alkyl or cyclic N) is 1. The Kier molecular flexibility index (Phi) is 3.14. The Morgan fingerprint density at radius 1 is 1.47 bits per heavy atom. The first-order valence-electron chi connectivity index (χ1n) is 5.03. The van der Waals surface area contributed by atoms with Gasteiger partial charge in [0.2, 0.25) is 0 Å². The fourth-order valence-electron chi connectivity index (χ4n) is 1.87. The molecular formula is C11H14ClNO2. The van der Waals surface area contributed by atoms with Crippen LogP contribution < -0.4 is 4.90 Å². The van der Waals surface area contributed by atoms with Crippen molar-refractivity contribution in [3.05, 3.63) is 28.8 Å². The quantitative estimate of drug-likeness (QED) is 0.803. The van der Waals surface area contributed by atoms with E-state index in [0.29, 0.717) is 11.6 Å². The van der Waals surface area contributed by atoms with Crippen molar-refractivity contribution in [3.63, 3.8) is 0 Å². The SMILES string of the molecule is OCc1ccc(N2CCC(O)C2)c(Cl)c1. The highest BCUT2D eigenvalue weighted by molar-refractivity contribution is 6.33. The minimum Gasteiger partial charge on any atom is -0.392 e. The molecule has 1 saturated heterocycles. The Balaban J connectivity index is 2.21. The van der Waals surface area contributed by atoms with Crippen LogP contribution >= 0.6 is 11.6 Å². The fourth-order valence-corrected chi connectivity index (χ4v) is 2.19. The number of aliphatic hydroxyl groups is 2. The van der Waals surface area contributed by atoms with Gasteiger partial charge in [0.1, 0.15) is 0 Å². The number of hydrogen-bond donors (Lipinski definition) is 2. The van der Waals surface area contributed by atoms with Gasteiger partial charge in [-0.25, -0.2) is 0 Å². The van der Waals surface area contributed by atoms with Gasteiger partial charge < -0.3 is 15.1 Å². The maximum Gasteiger partial charge on any atom is 0.0731 e. The summed E-state index contributed by atoms with van der Waals surface area (Å²) in [5.41, 5.74) is 1.74. The molecule has 0 aliphatic carbocycles. The van der Waals surface area contributed by atoms with Crippen LogP contribution in [0.5, 0.6) is 0 Å². The summed E-state index contributed by atoms with van der Waals surface area (Å²) in [5.74, 6) is 0. The smallest absolute Gasteiger partial charge is 0.0731 e. The zero-order chi connectivity index (χ0) is 10.8. The summed E-state index contributed by atoms with van der Waals surface area (Å²) in [7, 11) is 0. The lowest BCUT2D eigenvalue weighted by Gasteiger charge is -2.19. The van der Waals surface area contributed by atoms with Gasteiger partial charge in [0.05, 0.1) is 23.4 Å². The molecule has 0 amide bonds. The van der Waals surface area contributed by atoms with Crippen molar-refractivity contribution in [2.75, 3.05) is 18.0 Å². The molecule has 1 atom stereocenters. The van der Waals surface area contributed by atoms with Gasteiger partial charge in [0.15, 0.2) is 0 Å². The van der Waals surface area contributed by atoms with Crippen LogP contribution in [0.3, 0.4) is 0 Å². The van der Waals surface area contributed by atoms with Gasteiger partial charge >= 0.3 is 0 Å². The number of halogens is 1. The average Bonchev–Trinajstić information content (AvgIpc) is 2.64. The van der Waals surface area contributed by atoms with E-state index in [1.807, 2.05) is 12.1 Å². The molecule has 0 saturated carbocycles. The van der Waals surface area contributed by atoms with Crippen molar-refractivity contribution >= 4 is 17.3 Å². The summed E-state index contributed by atoms with van der Waals surface area (Å²) in [4.78, 5) is 2.06. The molecule has 1 aliphatic heterocycles. The van der Waals surface area contributed by atoms with E-state index in [-0.39, 0.29) is 12.7 Å². The van der Waals surface area contributed by atoms with Gasteiger partial charge in [0, 0.05) is 13.1 Å². The standard InChI is InChI=1S/C11H14ClNO2/c12-10-5-8(7-14)1-2-11(10)13-4-3-9(15)6-13/h1-2,5,9,14-15H,3-4,6-7H2. The van der Waals surface area contributed by atoms with Gasteiger partial charge in [-0.2, -0.15) is 0 Å². The molecule has 0 aromatic heterocycles. The first-order valence-corrected chi connectivity index (χ1v) is 5.41. The van der Waals surface area contributed by atoms with Gasteiger partial charge in [-0.05, 0) is 24.1 Å². The zero-order valence-electron chi connectivity index (χ0n) is 8.36. The summed E-state index contributed by atoms with van der Waals surface area (Å²) in [6.07, 6.45) is 0.538. The van der Waals surface area contributed by atoms with E-state index in [1.54, 1.807) is 6.07 Å². The van der Waals surface area contributed by atoms with Crippen molar-refractivity contribution in [1.82, 2.24) is 0 Å². The molecule has 15 heavy (non-hydrogen) atoms. The molecule has 0 spiro atoms. The predicted octanol–water partition coefficient (Wildman–Crippen LogP) is 1.40. The van der Waals surface area contributed by atoms with E-state index in [4.69, 9.17) is 16.7 Å². The van der Waals surface area contributed by atoms with Crippen LogP contribution in [0.1, 0.15) is 12.0 Å². The first kappa shape index (κ1) is 10.7. The largest absolute Gasteiger partial charge is 0.392 e. The minimum atomic E-state index is -0.251. The van der Waals surface area contributed by atoms with Crippen LogP contribution in [0.2, 0.25) is 5.02 Å². The van der Waals surface area contributed by atoms with Crippen LogP contribution in [0.15, 0.2) is 18.2 Å². The van der Waals surface area contributed by atoms with Crippen LogP contribution in [0.4, 0.5) is 5.69 Å². The van der Waals surface area contributed by atoms with Gasteiger partial charge in [-0.1, -0.05) is 17.7 Å². The van der Waals surface area contributed by atoms with E-state index in [1.165, 1.54) is 0 Å². The molecule has 0 radical (unpaired) electrons. The molecule has 2 rings (SSSR count). The topological polar surface area (TPSA) is 43.7 Å². The third-order valence-corrected chi connectivity index (χ3v) is 3.00. The van der Waals surface area contributed by atoms with Gasteiger partial charge in [0.25, 0.3) is 0 Å². The second kappa shape index (κ2) is 4.39. The molecule has 1 aliphatic rings. The number of nitrogens with zero attached hydrogens (tertiary/aromatic N) is 1. The van der Waals surface area contributed by atoms with E-state index in [0.717, 1.165) is 24.2 Å². The summed E-state index contributed by atoms with van der Waals surface area (Å²) >= 11 is 6.10. The minimum absolute atomic E-state index is 0.00260. The van der Waals surface area contributed by atoms with Gasteiger partial charge in [-0.3, -0.25) is 0 Å². The highest BCUT2D eigenvalue weighted by atomic mass is 35.5. The molecule has 1 fully saturated rings. The zero-order valence-corrected chi connectivity index (χ0v) is 9.11. The fraction of sp³-hybridized carbons (Fsp3) is 0.455. The number of rotatable bonds is 2. The molecule has 1 aromatic carbocycles. The lowest BCUT2D eigenvalue weighted by molar-refractivity contribution is 0.198. The van der Waals surface area contributed by atoms with Crippen LogP contribution in [-0.4, -0.2) is 29.4 Å². The second-order valence-corrected chi connectivity index (χ2v) is 4.24. The first-order chi connectivity index (χ1) is 7.20. The van der Waals surface area contributed by atoms with Gasteiger partial charge in [-0.15, -0.1) is 0 Å². The normalized spacial score (nSPS) is 21.0. The Morgan fingerprint density at radius 3 is 2.80 bits per heavy atom.